The van der Waals surface area contributed by atoms with Gasteiger partial charge < -0.3 is 9.84 Å². The number of methoxy groups -OCH3 is 1. The van der Waals surface area contributed by atoms with Crippen LogP contribution in [0.25, 0.3) is 0 Å². The van der Waals surface area contributed by atoms with Gasteiger partial charge in [0.25, 0.3) is 0 Å². The Labute approximate surface area is 87.3 Å². The Balaban J connectivity index is 2.89. The average molecular weight is 215 g/mol. The zero-order valence-electron chi connectivity index (χ0n) is 7.74. The van der Waals surface area contributed by atoms with Crippen molar-refractivity contribution in [3.05, 3.63) is 29.8 Å². The van der Waals surface area contributed by atoms with Gasteiger partial charge in [0.2, 0.25) is 0 Å². The van der Waals surface area contributed by atoms with E-state index in [2.05, 4.69) is 4.74 Å². The Hall–Kier alpha value is -1.22. The third kappa shape index (κ3) is 2.39. The molecule has 1 atom stereocenters. The van der Waals surface area contributed by atoms with Gasteiger partial charge in [-0.25, -0.2) is 0 Å². The largest absolute Gasteiger partial charge is 0.508 e. The highest BCUT2D eigenvalue weighted by molar-refractivity contribution is 6.19. The lowest BCUT2D eigenvalue weighted by Crippen LogP contribution is -2.15. The van der Waals surface area contributed by atoms with Gasteiger partial charge in [0.15, 0.2) is 0 Å². The quantitative estimate of drug-likeness (QED) is 0.618. The van der Waals surface area contributed by atoms with Crippen LogP contribution in [0.3, 0.4) is 0 Å². The molecular weight excluding hydrogens is 204 g/mol. The van der Waals surface area contributed by atoms with E-state index in [-0.39, 0.29) is 17.6 Å². The maximum Gasteiger partial charge on any atom is 0.314 e. The number of halogens is 1. The SMILES string of the molecule is COC(=O)C(CCl)c1ccc(O)cc1. The number of carbonyl (C=O) groups excluding carboxylic acids is 1. The van der Waals surface area contributed by atoms with Crippen molar-refractivity contribution in [1.29, 1.82) is 0 Å². The molecule has 14 heavy (non-hydrogen) atoms. The van der Waals surface area contributed by atoms with Crippen molar-refractivity contribution in [1.82, 2.24) is 0 Å². The summed E-state index contributed by atoms with van der Waals surface area (Å²) in [6, 6.07) is 6.33. The Bertz CT molecular complexity index is 308. The first-order valence-corrected chi connectivity index (χ1v) is 4.65. The van der Waals surface area contributed by atoms with Gasteiger partial charge in [-0.3, -0.25) is 4.79 Å². The van der Waals surface area contributed by atoms with Crippen molar-refractivity contribution < 1.29 is 14.6 Å². The molecule has 3 nitrogen and oxygen atoms in total. The topological polar surface area (TPSA) is 46.5 Å². The standard InChI is InChI=1S/C10H11ClO3/c1-14-10(13)9(6-11)7-2-4-8(12)5-3-7/h2-5,9,12H,6H2,1H3. The van der Waals surface area contributed by atoms with Gasteiger partial charge in [0.1, 0.15) is 5.75 Å². The van der Waals surface area contributed by atoms with Crippen molar-refractivity contribution >= 4 is 17.6 Å². The van der Waals surface area contributed by atoms with E-state index in [0.717, 1.165) is 5.56 Å². The van der Waals surface area contributed by atoms with Crippen LogP contribution in [0, 0.1) is 0 Å². The molecule has 1 rings (SSSR count). The van der Waals surface area contributed by atoms with E-state index < -0.39 is 5.92 Å². The van der Waals surface area contributed by atoms with Crippen LogP contribution in [-0.4, -0.2) is 24.1 Å². The zero-order valence-corrected chi connectivity index (χ0v) is 8.49. The second-order valence-electron chi connectivity index (χ2n) is 2.82. The first kappa shape index (κ1) is 10.9. The van der Waals surface area contributed by atoms with Gasteiger partial charge in [-0.2, -0.15) is 0 Å². The van der Waals surface area contributed by atoms with Gasteiger partial charge in [-0.1, -0.05) is 12.1 Å². The third-order valence-corrected chi connectivity index (χ3v) is 2.24. The van der Waals surface area contributed by atoms with Crippen LogP contribution in [0.2, 0.25) is 0 Å². The molecule has 0 radical (unpaired) electrons. The molecule has 0 aliphatic heterocycles. The fourth-order valence-electron chi connectivity index (χ4n) is 1.14. The highest BCUT2D eigenvalue weighted by atomic mass is 35.5. The van der Waals surface area contributed by atoms with Crippen LogP contribution in [-0.2, 0) is 9.53 Å². The molecule has 4 heteroatoms. The lowest BCUT2D eigenvalue weighted by molar-refractivity contribution is -0.141. The number of benzene rings is 1. The lowest BCUT2D eigenvalue weighted by atomic mass is 10.0. The van der Waals surface area contributed by atoms with Gasteiger partial charge >= 0.3 is 5.97 Å². The lowest BCUT2D eigenvalue weighted by Gasteiger charge is -2.11. The summed E-state index contributed by atoms with van der Waals surface area (Å²) in [6.07, 6.45) is 0. The normalized spacial score (nSPS) is 12.1. The van der Waals surface area contributed by atoms with Gasteiger partial charge in [0, 0.05) is 5.88 Å². The van der Waals surface area contributed by atoms with E-state index in [9.17, 15) is 4.79 Å². The van der Waals surface area contributed by atoms with Crippen LogP contribution in [0.5, 0.6) is 5.75 Å². The summed E-state index contributed by atoms with van der Waals surface area (Å²) in [5, 5.41) is 9.06. The summed E-state index contributed by atoms with van der Waals surface area (Å²) in [4.78, 5) is 11.3. The molecule has 1 N–H and O–H groups in total. The number of carbonyl (C=O) groups is 1. The second-order valence-corrected chi connectivity index (χ2v) is 3.13. The average Bonchev–Trinajstić information content (AvgIpc) is 2.21. The first-order valence-electron chi connectivity index (χ1n) is 4.11. The Morgan fingerprint density at radius 3 is 2.50 bits per heavy atom. The van der Waals surface area contributed by atoms with Crippen molar-refractivity contribution in [2.75, 3.05) is 13.0 Å². The summed E-state index contributed by atoms with van der Waals surface area (Å²) in [5.41, 5.74) is 0.740. The van der Waals surface area contributed by atoms with E-state index in [1.807, 2.05) is 0 Å². The van der Waals surface area contributed by atoms with Crippen molar-refractivity contribution in [2.45, 2.75) is 5.92 Å². The van der Waals surface area contributed by atoms with Crippen LogP contribution < -0.4 is 0 Å². The fourth-order valence-corrected chi connectivity index (χ4v) is 1.44. The Morgan fingerprint density at radius 1 is 1.50 bits per heavy atom. The van der Waals surface area contributed by atoms with Crippen molar-refractivity contribution in [2.24, 2.45) is 0 Å². The molecule has 0 aromatic heterocycles. The van der Waals surface area contributed by atoms with Crippen LogP contribution in [0.15, 0.2) is 24.3 Å². The second kappa shape index (κ2) is 4.86. The number of ether oxygens (including phenoxy) is 1. The predicted molar refractivity (Wildman–Crippen MR) is 53.6 cm³/mol. The summed E-state index contributed by atoms with van der Waals surface area (Å²) >= 11 is 5.65. The number of aromatic hydroxyl groups is 1. The highest BCUT2D eigenvalue weighted by Gasteiger charge is 2.19. The van der Waals surface area contributed by atoms with E-state index in [0.29, 0.717) is 0 Å². The molecule has 76 valence electrons. The number of hydrogen-bond donors (Lipinski definition) is 1. The van der Waals surface area contributed by atoms with Crippen LogP contribution in [0.4, 0.5) is 0 Å². The monoisotopic (exact) mass is 214 g/mol. The summed E-state index contributed by atoms with van der Waals surface area (Å²) in [5.74, 6) is -0.517. The summed E-state index contributed by atoms with van der Waals surface area (Å²) in [6.45, 7) is 0. The fraction of sp³-hybridized carbons (Fsp3) is 0.300. The number of esters is 1. The number of phenols is 1. The predicted octanol–water partition coefficient (Wildman–Crippen LogP) is 1.89. The molecule has 0 saturated heterocycles. The molecule has 0 aliphatic rings. The molecule has 1 aromatic rings. The Kier molecular flexibility index (Phi) is 3.77. The number of phenolic OH excluding ortho intramolecular Hbond substituents is 1. The smallest absolute Gasteiger partial charge is 0.314 e. The first-order chi connectivity index (χ1) is 6.69. The third-order valence-electron chi connectivity index (χ3n) is 1.94. The molecule has 1 unspecified atom stereocenters. The maximum absolute atomic E-state index is 11.3. The number of hydrogen-bond acceptors (Lipinski definition) is 3. The molecule has 0 saturated carbocycles. The maximum atomic E-state index is 11.3. The van der Waals surface area contributed by atoms with Gasteiger partial charge in [-0.05, 0) is 17.7 Å². The summed E-state index contributed by atoms with van der Waals surface area (Å²) in [7, 11) is 1.32. The molecular formula is C10H11ClO3. The molecule has 1 aromatic carbocycles. The molecule has 0 heterocycles. The summed E-state index contributed by atoms with van der Waals surface area (Å²) < 4.78 is 4.60. The number of rotatable bonds is 3. The van der Waals surface area contributed by atoms with E-state index in [1.165, 1.54) is 19.2 Å². The van der Waals surface area contributed by atoms with Gasteiger partial charge in [0.05, 0.1) is 13.0 Å². The molecule has 0 bridgehead atoms. The minimum absolute atomic E-state index is 0.159. The molecule has 0 aliphatic carbocycles. The van der Waals surface area contributed by atoms with Crippen molar-refractivity contribution in [3.8, 4) is 5.75 Å². The number of alkyl halides is 1. The Morgan fingerprint density at radius 2 is 2.07 bits per heavy atom. The van der Waals surface area contributed by atoms with Crippen LogP contribution >= 0.6 is 11.6 Å². The minimum Gasteiger partial charge on any atom is -0.508 e. The highest BCUT2D eigenvalue weighted by Crippen LogP contribution is 2.21. The van der Waals surface area contributed by atoms with Crippen molar-refractivity contribution in [3.63, 3.8) is 0 Å². The van der Waals surface area contributed by atoms with E-state index in [4.69, 9.17) is 16.7 Å². The van der Waals surface area contributed by atoms with E-state index in [1.54, 1.807) is 12.1 Å². The zero-order chi connectivity index (χ0) is 10.6. The molecule has 0 fully saturated rings. The molecule has 0 spiro atoms. The van der Waals surface area contributed by atoms with E-state index >= 15 is 0 Å². The van der Waals surface area contributed by atoms with Crippen LogP contribution in [0.1, 0.15) is 11.5 Å². The minimum atomic E-state index is -0.470. The van der Waals surface area contributed by atoms with Gasteiger partial charge in [-0.15, -0.1) is 11.6 Å². The molecule has 0 amide bonds.